The number of carbonyl (C=O) groups is 12. The van der Waals surface area contributed by atoms with Gasteiger partial charge in [-0.05, 0) is 111 Å². The van der Waals surface area contributed by atoms with Crippen molar-refractivity contribution in [1.29, 1.82) is 0 Å². The molecule has 550 valence electrons. The maximum absolute atomic E-state index is 15.5. The van der Waals surface area contributed by atoms with E-state index >= 15 is 14.4 Å². The Morgan fingerprint density at radius 3 is 1.70 bits per heavy atom. The molecule has 0 bridgehead atoms. The zero-order chi connectivity index (χ0) is 73.9. The van der Waals surface area contributed by atoms with Crippen molar-refractivity contribution in [3.8, 4) is 0 Å². The fourth-order valence-corrected chi connectivity index (χ4v) is 12.9. The highest BCUT2D eigenvalue weighted by Crippen LogP contribution is 2.32. The molecule has 12 amide bonds. The van der Waals surface area contributed by atoms with E-state index in [1.807, 2.05) is 27.7 Å². The number of amides is 12. The molecule has 9 atom stereocenters. The second-order valence-electron chi connectivity index (χ2n) is 28.2. The topological polar surface area (TPSA) is 279 Å². The largest absolute Gasteiger partial charge is 0.416 e. The number of nitrogens with one attached hydrogen (secondary N) is 4. The standard InChI is InChI=1S/C71H106ClF3N12O12/c1-15-45(6)62-70(99)82(10)41-60(90)80(8)42-61(91)84(12)56(38-49-25-30-51(72)31-26-49)68(97)81(9)40-58(88)76-52(32-27-47-23-28-50(29-24-47)71(73,74)75)64(93)77-53(35-43(2)3)66(95)86(14)57(37-48-21-17-16-18-22-48)69(98)85(13)55(36-44(4)5)65(94)78-54(67(96)87-33-19-20-34-87)39-59(89)83(11)46(7)63(92)79-62/h23-26,28-31,43-46,48,52-57,62H,15-22,27,32-42H2,1-14H3,(H,76,88)(H,77,93)(H,78,94)(H,79,92)/t45-,46-,52-,53-,54?,55-,56-,57-,62-/m0/s1. The number of hydrogen-bond acceptors (Lipinski definition) is 12. The van der Waals surface area contributed by atoms with Crippen molar-refractivity contribution in [1.82, 2.24) is 60.5 Å². The smallest absolute Gasteiger partial charge is 0.343 e. The van der Waals surface area contributed by atoms with Crippen molar-refractivity contribution in [2.75, 3.05) is 82.1 Å². The summed E-state index contributed by atoms with van der Waals surface area (Å²) in [6, 6.07) is 0.142. The van der Waals surface area contributed by atoms with Crippen LogP contribution in [0.4, 0.5) is 13.2 Å². The first kappa shape index (κ1) is 81.8. The predicted octanol–water partition coefficient (Wildman–Crippen LogP) is 5.31. The van der Waals surface area contributed by atoms with Crippen LogP contribution in [-0.4, -0.2) is 240 Å². The lowest BCUT2D eigenvalue weighted by atomic mass is 9.84. The van der Waals surface area contributed by atoms with Gasteiger partial charge in [-0.25, -0.2) is 0 Å². The number of halogens is 4. The summed E-state index contributed by atoms with van der Waals surface area (Å²) < 4.78 is 41.1. The van der Waals surface area contributed by atoms with Crippen LogP contribution in [0.1, 0.15) is 149 Å². The minimum atomic E-state index is -4.64. The van der Waals surface area contributed by atoms with Crippen LogP contribution in [0.5, 0.6) is 0 Å². The third kappa shape index (κ3) is 23.6. The maximum atomic E-state index is 15.5. The maximum Gasteiger partial charge on any atom is 0.416 e. The SMILES string of the molecule is CC[C@H](C)[C@@H]1NC(=O)[C@H](C)N(C)C(=O)CC(C(=O)N2CCCC2)NC(=O)[C@H](CC(C)C)N(C)C(=O)[C@H](CC2CCCCC2)N(C)C(=O)[C@H](CC(C)C)NC(=O)[C@H](CCc2ccc(C(F)(F)F)cc2)NC(=O)CN(C)C(=O)[C@H](Cc2ccc(Cl)cc2)N(C)C(=O)CN(C)C(=O)CN(C)C1=O. The Bertz CT molecular complexity index is 3150. The van der Waals surface area contributed by atoms with Crippen LogP contribution in [0.15, 0.2) is 48.5 Å². The van der Waals surface area contributed by atoms with Crippen LogP contribution in [-0.2, 0) is 76.6 Å². The zero-order valence-electron chi connectivity index (χ0n) is 60.2. The molecular formula is C71H106ClF3N12O12. The molecule has 0 radical (unpaired) electrons. The molecule has 0 aromatic heterocycles. The van der Waals surface area contributed by atoms with Crippen LogP contribution in [0.2, 0.25) is 5.02 Å². The van der Waals surface area contributed by atoms with Crippen LogP contribution < -0.4 is 21.3 Å². The Labute approximate surface area is 586 Å². The predicted molar refractivity (Wildman–Crippen MR) is 367 cm³/mol. The van der Waals surface area contributed by atoms with E-state index in [4.69, 9.17) is 11.6 Å². The Morgan fingerprint density at radius 2 is 1.12 bits per heavy atom. The van der Waals surface area contributed by atoms with E-state index in [0.717, 1.165) is 68.7 Å². The number of likely N-dealkylation sites (tertiary alicyclic amines) is 1. The number of aryl methyl sites for hydroxylation is 1. The average molecular weight is 1410 g/mol. The van der Waals surface area contributed by atoms with Gasteiger partial charge in [-0.3, -0.25) is 57.5 Å². The molecule has 28 heteroatoms. The van der Waals surface area contributed by atoms with Crippen molar-refractivity contribution in [3.05, 3.63) is 70.2 Å². The van der Waals surface area contributed by atoms with Crippen LogP contribution in [0.3, 0.4) is 0 Å². The van der Waals surface area contributed by atoms with Gasteiger partial charge >= 0.3 is 6.18 Å². The molecular weight excluding hydrogens is 1310 g/mol. The molecule has 1 unspecified atom stereocenters. The van der Waals surface area contributed by atoms with Gasteiger partial charge in [-0.15, -0.1) is 0 Å². The first-order valence-corrected chi connectivity index (χ1v) is 35.0. The van der Waals surface area contributed by atoms with E-state index in [9.17, 15) is 56.3 Å². The summed E-state index contributed by atoms with van der Waals surface area (Å²) in [5, 5.41) is 11.5. The van der Waals surface area contributed by atoms with Gasteiger partial charge in [0.1, 0.15) is 48.3 Å². The second-order valence-corrected chi connectivity index (χ2v) is 28.6. The molecule has 2 aliphatic heterocycles. The lowest BCUT2D eigenvalue weighted by Crippen LogP contribution is -2.60. The summed E-state index contributed by atoms with van der Waals surface area (Å²) in [5.41, 5.74) is 0.0149. The van der Waals surface area contributed by atoms with Crippen molar-refractivity contribution in [3.63, 3.8) is 0 Å². The molecule has 2 saturated heterocycles. The Kier molecular flexibility index (Phi) is 31.0. The molecule has 99 heavy (non-hydrogen) atoms. The van der Waals surface area contributed by atoms with Gasteiger partial charge in [0.25, 0.3) is 0 Å². The van der Waals surface area contributed by atoms with Gasteiger partial charge in [-0.1, -0.05) is 116 Å². The zero-order valence-corrected chi connectivity index (χ0v) is 60.9. The summed E-state index contributed by atoms with van der Waals surface area (Å²) >= 11 is 6.22. The number of alkyl halides is 3. The summed E-state index contributed by atoms with van der Waals surface area (Å²) in [7, 11) is 9.57. The van der Waals surface area contributed by atoms with Crippen molar-refractivity contribution in [2.24, 2.45) is 23.7 Å². The fraction of sp³-hybridized carbons (Fsp3) is 0.662. The molecule has 5 rings (SSSR count). The van der Waals surface area contributed by atoms with E-state index in [-0.39, 0.29) is 56.3 Å². The third-order valence-electron chi connectivity index (χ3n) is 19.5. The molecule has 1 aliphatic carbocycles. The Balaban J connectivity index is 1.63. The highest BCUT2D eigenvalue weighted by atomic mass is 35.5. The number of rotatable bonds is 14. The lowest BCUT2D eigenvalue weighted by molar-refractivity contribution is -0.151. The number of hydrogen-bond donors (Lipinski definition) is 4. The molecule has 4 N–H and O–H groups in total. The molecule has 3 aliphatic rings. The molecule has 3 fully saturated rings. The number of nitrogens with zero attached hydrogens (tertiary/aromatic N) is 8. The molecule has 2 aromatic rings. The van der Waals surface area contributed by atoms with Crippen LogP contribution in [0, 0.1) is 23.7 Å². The highest BCUT2D eigenvalue weighted by Gasteiger charge is 2.43. The minimum Gasteiger partial charge on any atom is -0.343 e. The fourth-order valence-electron chi connectivity index (χ4n) is 12.8. The third-order valence-corrected chi connectivity index (χ3v) is 19.8. The first-order valence-electron chi connectivity index (χ1n) is 34.6. The van der Waals surface area contributed by atoms with E-state index < -0.39 is 163 Å². The molecule has 2 heterocycles. The Morgan fingerprint density at radius 1 is 0.556 bits per heavy atom. The molecule has 1 saturated carbocycles. The summed E-state index contributed by atoms with van der Waals surface area (Å²) in [6.07, 6.45) is 0.559. The molecule has 24 nitrogen and oxygen atoms in total. The normalized spacial score (nSPS) is 24.7. The number of benzene rings is 2. The van der Waals surface area contributed by atoms with Crippen LogP contribution in [0.25, 0.3) is 0 Å². The van der Waals surface area contributed by atoms with Gasteiger partial charge in [0.15, 0.2) is 0 Å². The van der Waals surface area contributed by atoms with Gasteiger partial charge < -0.3 is 60.5 Å². The monoisotopic (exact) mass is 1410 g/mol. The second kappa shape index (κ2) is 37.5. The van der Waals surface area contributed by atoms with E-state index in [1.54, 1.807) is 43.0 Å². The van der Waals surface area contributed by atoms with E-state index in [0.29, 0.717) is 48.5 Å². The van der Waals surface area contributed by atoms with Crippen LogP contribution >= 0.6 is 11.6 Å². The van der Waals surface area contributed by atoms with Crippen molar-refractivity contribution < 1.29 is 70.7 Å². The van der Waals surface area contributed by atoms with Crippen molar-refractivity contribution >= 4 is 82.5 Å². The molecule has 0 spiro atoms. The highest BCUT2D eigenvalue weighted by molar-refractivity contribution is 6.30. The minimum absolute atomic E-state index is 0.0224. The van der Waals surface area contributed by atoms with E-state index in [1.165, 1.54) is 78.2 Å². The summed E-state index contributed by atoms with van der Waals surface area (Å²) in [4.78, 5) is 185. The lowest BCUT2D eigenvalue weighted by Gasteiger charge is -2.38. The van der Waals surface area contributed by atoms with Gasteiger partial charge in [0, 0.05) is 73.9 Å². The number of likely N-dealkylation sites (N-methyl/N-ethyl adjacent to an activating group) is 7. The molecule has 2 aromatic carbocycles. The summed E-state index contributed by atoms with van der Waals surface area (Å²) in [5.74, 6) is -9.70. The van der Waals surface area contributed by atoms with Gasteiger partial charge in [-0.2, -0.15) is 13.2 Å². The summed E-state index contributed by atoms with van der Waals surface area (Å²) in [6.45, 7) is 11.1. The van der Waals surface area contributed by atoms with Gasteiger partial charge in [0.05, 0.1) is 31.6 Å². The van der Waals surface area contributed by atoms with Crippen molar-refractivity contribution in [2.45, 2.75) is 199 Å². The first-order chi connectivity index (χ1) is 46.4. The number of carbonyl (C=O) groups excluding carboxylic acids is 12. The average Bonchev–Trinajstić information content (AvgIpc) is 1.45. The Hall–Kier alpha value is -7.84. The van der Waals surface area contributed by atoms with Gasteiger partial charge in [0.2, 0.25) is 70.9 Å². The van der Waals surface area contributed by atoms with E-state index in [2.05, 4.69) is 21.3 Å². The quantitative estimate of drug-likeness (QED) is 0.187.